The first-order valence-electron chi connectivity index (χ1n) is 6.21. The molecule has 1 heterocycles. The van der Waals surface area contributed by atoms with Gasteiger partial charge in [0.2, 0.25) is 5.91 Å². The van der Waals surface area contributed by atoms with Crippen molar-refractivity contribution in [3.8, 4) is 0 Å². The number of anilines is 1. The number of halogens is 3. The van der Waals surface area contributed by atoms with E-state index in [9.17, 15) is 4.79 Å². The first-order valence-corrected chi connectivity index (χ1v) is 9.53. The Morgan fingerprint density at radius 3 is 2.90 bits per heavy atom. The Kier molecular flexibility index (Phi) is 6.01. The van der Waals surface area contributed by atoms with Gasteiger partial charge in [0.25, 0.3) is 0 Å². The predicted molar refractivity (Wildman–Crippen MR) is 95.9 cm³/mol. The summed E-state index contributed by atoms with van der Waals surface area (Å²) in [7, 11) is 0. The third-order valence-corrected chi connectivity index (χ3v) is 5.59. The Labute approximate surface area is 146 Å². The molecule has 0 bridgehead atoms. The molecule has 108 valence electrons. The van der Waals surface area contributed by atoms with E-state index >= 15 is 0 Å². The lowest BCUT2D eigenvalue weighted by atomic mass is 10.2. The molecule has 0 aliphatic rings. The first-order chi connectivity index (χ1) is 9.51. The fourth-order valence-corrected chi connectivity index (χ4v) is 4.68. The van der Waals surface area contributed by atoms with Crippen LogP contribution < -0.4 is 5.32 Å². The minimum atomic E-state index is -0.162. The van der Waals surface area contributed by atoms with E-state index in [1.165, 1.54) is 11.3 Å². The van der Waals surface area contributed by atoms with Gasteiger partial charge in [-0.25, -0.2) is 4.98 Å². The normalized spacial score (nSPS) is 12.6. The number of alkyl halides is 1. The number of carbonyl (C=O) groups excluding carboxylic acids is 1. The zero-order chi connectivity index (χ0) is 14.7. The molecule has 0 aliphatic carbocycles. The molecule has 1 aromatic heterocycles. The SMILES string of the molecule is CCCC[C@@H](Br)C(=O)Nc1nc2c(Br)cc(Br)cc2s1. The van der Waals surface area contributed by atoms with Crippen molar-refractivity contribution in [2.75, 3.05) is 5.32 Å². The van der Waals surface area contributed by atoms with Gasteiger partial charge in [-0.15, -0.1) is 0 Å². The Bertz CT molecular complexity index is 629. The molecular weight excluding hydrogens is 472 g/mol. The summed E-state index contributed by atoms with van der Waals surface area (Å²) in [6.07, 6.45) is 2.95. The van der Waals surface area contributed by atoms with Crippen LogP contribution in [0.4, 0.5) is 5.13 Å². The first kappa shape index (κ1) is 16.4. The number of amides is 1. The third kappa shape index (κ3) is 4.02. The summed E-state index contributed by atoms with van der Waals surface area (Å²) in [6, 6.07) is 3.94. The van der Waals surface area contributed by atoms with Crippen molar-refractivity contribution < 1.29 is 4.79 Å². The second-order valence-corrected chi connectivity index (χ2v) is 8.26. The smallest absolute Gasteiger partial charge is 0.239 e. The molecule has 1 N–H and O–H groups in total. The molecule has 0 unspecified atom stereocenters. The van der Waals surface area contributed by atoms with E-state index in [0.717, 1.165) is 38.4 Å². The largest absolute Gasteiger partial charge is 0.301 e. The molecule has 2 aromatic rings. The molecule has 0 radical (unpaired) electrons. The lowest BCUT2D eigenvalue weighted by Crippen LogP contribution is -2.22. The standard InChI is InChI=1S/C13H13Br3N2OS/c1-2-3-4-8(15)12(19)18-13-17-11-9(16)5-7(14)6-10(11)20-13/h5-6,8H,2-4H2,1H3,(H,17,18,19)/t8-/m1/s1. The van der Waals surface area contributed by atoms with Crippen LogP contribution in [0.2, 0.25) is 0 Å². The summed E-state index contributed by atoms with van der Waals surface area (Å²) in [6.45, 7) is 2.11. The number of benzene rings is 1. The zero-order valence-corrected chi connectivity index (χ0v) is 16.3. The lowest BCUT2D eigenvalue weighted by Gasteiger charge is -2.07. The predicted octanol–water partition coefficient (Wildman–Crippen LogP) is 5.71. The van der Waals surface area contributed by atoms with Crippen LogP contribution in [0.25, 0.3) is 10.2 Å². The highest BCUT2D eigenvalue weighted by Crippen LogP contribution is 2.34. The molecule has 0 spiro atoms. The number of carbonyl (C=O) groups is 1. The van der Waals surface area contributed by atoms with Crippen molar-refractivity contribution in [3.63, 3.8) is 0 Å². The van der Waals surface area contributed by atoms with Crippen molar-refractivity contribution >= 4 is 80.4 Å². The number of fused-ring (bicyclic) bond motifs is 1. The highest BCUT2D eigenvalue weighted by molar-refractivity contribution is 9.11. The van der Waals surface area contributed by atoms with E-state index in [4.69, 9.17) is 0 Å². The van der Waals surface area contributed by atoms with Gasteiger partial charge in [-0.2, -0.15) is 0 Å². The molecule has 1 atom stereocenters. The molecule has 3 nitrogen and oxygen atoms in total. The lowest BCUT2D eigenvalue weighted by molar-refractivity contribution is -0.115. The average molecular weight is 485 g/mol. The molecule has 0 aliphatic heterocycles. The van der Waals surface area contributed by atoms with Gasteiger partial charge in [-0.1, -0.05) is 63.0 Å². The van der Waals surface area contributed by atoms with Gasteiger partial charge in [-0.05, 0) is 34.5 Å². The number of nitrogens with one attached hydrogen (secondary N) is 1. The molecule has 0 saturated heterocycles. The maximum Gasteiger partial charge on any atom is 0.239 e. The fourth-order valence-electron chi connectivity index (χ4n) is 1.71. The Balaban J connectivity index is 2.14. The molecular formula is C13H13Br3N2OS. The van der Waals surface area contributed by atoms with E-state index in [2.05, 4.69) is 65.0 Å². The summed E-state index contributed by atoms with van der Waals surface area (Å²) >= 11 is 11.8. The number of aromatic nitrogens is 1. The zero-order valence-electron chi connectivity index (χ0n) is 10.8. The van der Waals surface area contributed by atoms with Crippen molar-refractivity contribution in [2.45, 2.75) is 31.0 Å². The highest BCUT2D eigenvalue weighted by Gasteiger charge is 2.16. The van der Waals surface area contributed by atoms with Crippen LogP contribution in [-0.4, -0.2) is 15.7 Å². The van der Waals surface area contributed by atoms with E-state index in [0.29, 0.717) is 5.13 Å². The van der Waals surface area contributed by atoms with Gasteiger partial charge in [0, 0.05) is 8.95 Å². The van der Waals surface area contributed by atoms with Crippen molar-refractivity contribution in [2.24, 2.45) is 0 Å². The molecule has 1 amide bonds. The van der Waals surface area contributed by atoms with E-state index in [-0.39, 0.29) is 10.7 Å². The summed E-state index contributed by atoms with van der Waals surface area (Å²) in [5.41, 5.74) is 0.869. The minimum Gasteiger partial charge on any atom is -0.301 e. The van der Waals surface area contributed by atoms with Crippen molar-refractivity contribution in [1.82, 2.24) is 4.98 Å². The number of hydrogen-bond donors (Lipinski definition) is 1. The Morgan fingerprint density at radius 1 is 1.45 bits per heavy atom. The monoisotopic (exact) mass is 482 g/mol. The third-order valence-electron chi connectivity index (χ3n) is 2.74. The molecule has 1 aromatic carbocycles. The van der Waals surface area contributed by atoms with Gasteiger partial charge in [0.15, 0.2) is 5.13 Å². The average Bonchev–Trinajstić information content (AvgIpc) is 2.78. The molecule has 2 rings (SSSR count). The Hall–Kier alpha value is 0.0200. The second kappa shape index (κ2) is 7.33. The van der Waals surface area contributed by atoms with Crippen LogP contribution in [0.5, 0.6) is 0 Å². The molecule has 0 fully saturated rings. The van der Waals surface area contributed by atoms with E-state index < -0.39 is 0 Å². The fraction of sp³-hybridized carbons (Fsp3) is 0.385. The molecule has 7 heteroatoms. The summed E-state index contributed by atoms with van der Waals surface area (Å²) in [5, 5.41) is 3.50. The molecule has 20 heavy (non-hydrogen) atoms. The van der Waals surface area contributed by atoms with Gasteiger partial charge >= 0.3 is 0 Å². The summed E-state index contributed by atoms with van der Waals surface area (Å²) in [4.78, 5) is 16.3. The van der Waals surface area contributed by atoms with Gasteiger partial charge < -0.3 is 5.32 Å². The topological polar surface area (TPSA) is 42.0 Å². The number of rotatable bonds is 5. The van der Waals surface area contributed by atoms with E-state index in [1.807, 2.05) is 12.1 Å². The number of hydrogen-bond acceptors (Lipinski definition) is 3. The van der Waals surface area contributed by atoms with Crippen LogP contribution in [0.15, 0.2) is 21.1 Å². The van der Waals surface area contributed by atoms with Crippen LogP contribution >= 0.6 is 59.1 Å². The second-order valence-electron chi connectivity index (χ2n) is 4.35. The number of unbranched alkanes of at least 4 members (excludes halogenated alkanes) is 1. The molecule has 0 saturated carbocycles. The van der Waals surface area contributed by atoms with Crippen LogP contribution in [0.1, 0.15) is 26.2 Å². The van der Waals surface area contributed by atoms with Crippen molar-refractivity contribution in [1.29, 1.82) is 0 Å². The Morgan fingerprint density at radius 2 is 2.20 bits per heavy atom. The maximum atomic E-state index is 12.0. The maximum absolute atomic E-state index is 12.0. The summed E-state index contributed by atoms with van der Waals surface area (Å²) in [5.74, 6) is -0.0345. The van der Waals surface area contributed by atoms with Crippen LogP contribution in [0.3, 0.4) is 0 Å². The van der Waals surface area contributed by atoms with Gasteiger partial charge in [0.05, 0.1) is 15.0 Å². The highest BCUT2D eigenvalue weighted by atomic mass is 79.9. The number of thiazole rings is 1. The summed E-state index contributed by atoms with van der Waals surface area (Å²) < 4.78 is 2.93. The van der Waals surface area contributed by atoms with Gasteiger partial charge in [-0.3, -0.25) is 4.79 Å². The van der Waals surface area contributed by atoms with Gasteiger partial charge in [0.1, 0.15) is 0 Å². The minimum absolute atomic E-state index is 0.0345. The van der Waals surface area contributed by atoms with Crippen molar-refractivity contribution in [3.05, 3.63) is 21.1 Å². The quantitative estimate of drug-likeness (QED) is 0.552. The van der Waals surface area contributed by atoms with Crippen LogP contribution in [0, 0.1) is 0 Å². The van der Waals surface area contributed by atoms with E-state index in [1.54, 1.807) is 0 Å². The van der Waals surface area contributed by atoms with Crippen LogP contribution in [-0.2, 0) is 4.79 Å². The number of nitrogens with zero attached hydrogens (tertiary/aromatic N) is 1.